The van der Waals surface area contributed by atoms with Crippen LogP contribution in [0.2, 0.25) is 0 Å². The fraction of sp³-hybridized carbons (Fsp3) is 0.857. The van der Waals surface area contributed by atoms with Crippen LogP contribution < -0.4 is 0 Å². The highest BCUT2D eigenvalue weighted by molar-refractivity contribution is 9.18. The molecule has 2 nitrogen and oxygen atoms in total. The third-order valence-electron chi connectivity index (χ3n) is 1.24. The van der Waals surface area contributed by atoms with Crippen LogP contribution in [0.15, 0.2) is 0 Å². The van der Waals surface area contributed by atoms with Crippen molar-refractivity contribution in [2.75, 3.05) is 13.1 Å². The third kappa shape index (κ3) is 3.88. The van der Waals surface area contributed by atoms with Gasteiger partial charge in [0.05, 0.1) is 0 Å². The molecule has 0 aliphatic carbocycles. The molecule has 0 aromatic heterocycles. The van der Waals surface area contributed by atoms with Crippen LogP contribution in [-0.4, -0.2) is 22.8 Å². The van der Waals surface area contributed by atoms with Crippen molar-refractivity contribution < 1.29 is 4.79 Å². The van der Waals surface area contributed by atoms with Gasteiger partial charge in [0.1, 0.15) is 0 Å². The smallest absolute Gasteiger partial charge is 0.289 e. The molecule has 0 N–H and O–H groups in total. The summed E-state index contributed by atoms with van der Waals surface area (Å²) in [6.45, 7) is 5.85. The molecule has 1 amide bonds. The largest absolute Gasteiger partial charge is 0.333 e. The maximum Gasteiger partial charge on any atom is 0.289 e. The number of rotatable bonds is 4. The summed E-state index contributed by atoms with van der Waals surface area (Å²) in [5, 5.41) is 0. The Kier molecular flexibility index (Phi) is 5.69. The molecule has 0 radical (unpaired) electrons. The molecule has 0 bridgehead atoms. The van der Waals surface area contributed by atoms with Crippen LogP contribution in [0.1, 0.15) is 26.7 Å². The number of hydrogen-bond donors (Lipinski definition) is 0. The van der Waals surface area contributed by atoms with Crippen molar-refractivity contribution in [3.8, 4) is 0 Å². The highest BCUT2D eigenvalue weighted by atomic mass is 79.9. The van der Waals surface area contributed by atoms with Crippen LogP contribution >= 0.6 is 15.9 Å². The minimum absolute atomic E-state index is 0.0104. The Hall–Kier alpha value is -0.0500. The van der Waals surface area contributed by atoms with Crippen LogP contribution in [0, 0.1) is 0 Å². The van der Waals surface area contributed by atoms with E-state index in [2.05, 4.69) is 29.8 Å². The third-order valence-corrected chi connectivity index (χ3v) is 1.74. The first-order chi connectivity index (χ1) is 4.72. The number of carbonyl (C=O) groups is 1. The van der Waals surface area contributed by atoms with Gasteiger partial charge >= 0.3 is 0 Å². The summed E-state index contributed by atoms with van der Waals surface area (Å²) in [5.41, 5.74) is 0. The molecule has 0 saturated heterocycles. The van der Waals surface area contributed by atoms with Crippen LogP contribution in [0.25, 0.3) is 0 Å². The van der Waals surface area contributed by atoms with Crippen molar-refractivity contribution in [1.82, 2.24) is 4.90 Å². The Labute approximate surface area is 70.7 Å². The van der Waals surface area contributed by atoms with Gasteiger partial charge in [0.25, 0.3) is 4.82 Å². The van der Waals surface area contributed by atoms with Gasteiger partial charge in [-0.2, -0.15) is 0 Å². The molecular formula is C7H14BrNO. The Morgan fingerprint density at radius 1 is 1.30 bits per heavy atom. The molecule has 10 heavy (non-hydrogen) atoms. The van der Waals surface area contributed by atoms with Crippen molar-refractivity contribution in [2.24, 2.45) is 0 Å². The second-order valence-electron chi connectivity index (χ2n) is 2.24. The highest BCUT2D eigenvalue weighted by Crippen LogP contribution is 2.00. The van der Waals surface area contributed by atoms with Crippen molar-refractivity contribution >= 4 is 20.7 Å². The van der Waals surface area contributed by atoms with Crippen molar-refractivity contribution in [3.05, 3.63) is 0 Å². The molecule has 60 valence electrons. The van der Waals surface area contributed by atoms with Crippen LogP contribution in [0.3, 0.4) is 0 Å². The van der Waals surface area contributed by atoms with Gasteiger partial charge in [-0.25, -0.2) is 0 Å². The molecule has 0 aromatic rings. The standard InChI is InChI=1S/C7H14BrNO/c1-3-5-9(6-4-2)7(8)10/h3-6H2,1-2H3. The molecule has 0 aliphatic rings. The first-order valence-electron chi connectivity index (χ1n) is 3.66. The maximum absolute atomic E-state index is 10.8. The van der Waals surface area contributed by atoms with E-state index in [1.54, 1.807) is 4.90 Å². The van der Waals surface area contributed by atoms with E-state index >= 15 is 0 Å². The fourth-order valence-corrected chi connectivity index (χ4v) is 1.18. The summed E-state index contributed by atoms with van der Waals surface area (Å²) >= 11 is 2.93. The van der Waals surface area contributed by atoms with Crippen molar-refractivity contribution in [1.29, 1.82) is 0 Å². The van der Waals surface area contributed by atoms with E-state index in [0.717, 1.165) is 25.9 Å². The SMILES string of the molecule is CCCN(CCC)C(=O)Br. The molecule has 0 fully saturated rings. The molecule has 0 saturated carbocycles. The second-order valence-corrected chi connectivity index (χ2v) is 2.92. The minimum atomic E-state index is 0.0104. The fourth-order valence-electron chi connectivity index (χ4n) is 0.827. The van der Waals surface area contributed by atoms with Gasteiger partial charge in [-0.3, -0.25) is 4.79 Å². The topological polar surface area (TPSA) is 20.3 Å². The lowest BCUT2D eigenvalue weighted by atomic mass is 10.4. The van der Waals surface area contributed by atoms with E-state index in [4.69, 9.17) is 0 Å². The summed E-state index contributed by atoms with van der Waals surface area (Å²) in [6, 6.07) is 0. The lowest BCUT2D eigenvalue weighted by Crippen LogP contribution is -2.27. The first kappa shape index (κ1) is 9.95. The first-order valence-corrected chi connectivity index (χ1v) is 4.46. The summed E-state index contributed by atoms with van der Waals surface area (Å²) in [5.74, 6) is 0. The zero-order valence-electron chi connectivity index (χ0n) is 6.56. The van der Waals surface area contributed by atoms with Crippen molar-refractivity contribution in [3.63, 3.8) is 0 Å². The average molecular weight is 208 g/mol. The van der Waals surface area contributed by atoms with Gasteiger partial charge in [0.15, 0.2) is 0 Å². The zero-order chi connectivity index (χ0) is 7.98. The molecule has 3 heteroatoms. The lowest BCUT2D eigenvalue weighted by molar-refractivity contribution is 0.224. The average Bonchev–Trinajstić information content (AvgIpc) is 1.87. The van der Waals surface area contributed by atoms with Gasteiger partial charge in [0.2, 0.25) is 0 Å². The number of nitrogens with zero attached hydrogens (tertiary/aromatic N) is 1. The number of halogens is 1. The predicted molar refractivity (Wildman–Crippen MR) is 46.5 cm³/mol. The van der Waals surface area contributed by atoms with Crippen LogP contribution in [0.4, 0.5) is 4.79 Å². The lowest BCUT2D eigenvalue weighted by Gasteiger charge is -2.17. The number of amides is 1. The van der Waals surface area contributed by atoms with Crippen LogP contribution in [-0.2, 0) is 0 Å². The summed E-state index contributed by atoms with van der Waals surface area (Å²) in [6.07, 6.45) is 2.05. The van der Waals surface area contributed by atoms with Gasteiger partial charge in [-0.15, -0.1) is 0 Å². The zero-order valence-corrected chi connectivity index (χ0v) is 8.15. The Bertz CT molecular complexity index is 99.8. The van der Waals surface area contributed by atoms with Gasteiger partial charge in [-0.1, -0.05) is 13.8 Å². The molecule has 0 atom stereocenters. The number of carbonyl (C=O) groups excluding carboxylic acids is 1. The molecule has 0 spiro atoms. The Morgan fingerprint density at radius 2 is 1.70 bits per heavy atom. The van der Waals surface area contributed by atoms with Gasteiger partial charge < -0.3 is 4.90 Å². The van der Waals surface area contributed by atoms with Gasteiger partial charge in [-0.05, 0) is 12.8 Å². The molecule has 0 aliphatic heterocycles. The molecule has 0 aromatic carbocycles. The summed E-state index contributed by atoms with van der Waals surface area (Å²) in [4.78, 5) is 12.6. The predicted octanol–water partition coefficient (Wildman–Crippen LogP) is 2.62. The normalized spacial score (nSPS) is 9.50. The van der Waals surface area contributed by atoms with E-state index in [-0.39, 0.29) is 4.82 Å². The molecular weight excluding hydrogens is 194 g/mol. The van der Waals surface area contributed by atoms with E-state index in [0.29, 0.717) is 0 Å². The maximum atomic E-state index is 10.8. The summed E-state index contributed by atoms with van der Waals surface area (Å²) < 4.78 is 0. The van der Waals surface area contributed by atoms with Crippen LogP contribution in [0.5, 0.6) is 0 Å². The van der Waals surface area contributed by atoms with E-state index in [9.17, 15) is 4.79 Å². The quantitative estimate of drug-likeness (QED) is 0.513. The van der Waals surface area contributed by atoms with Crippen molar-refractivity contribution in [2.45, 2.75) is 26.7 Å². The molecule has 0 heterocycles. The summed E-state index contributed by atoms with van der Waals surface area (Å²) in [7, 11) is 0. The van der Waals surface area contributed by atoms with E-state index < -0.39 is 0 Å². The van der Waals surface area contributed by atoms with E-state index in [1.807, 2.05) is 0 Å². The Balaban J connectivity index is 3.61. The molecule has 0 unspecified atom stereocenters. The second kappa shape index (κ2) is 5.71. The minimum Gasteiger partial charge on any atom is -0.333 e. The highest BCUT2D eigenvalue weighted by Gasteiger charge is 2.05. The number of hydrogen-bond acceptors (Lipinski definition) is 1. The van der Waals surface area contributed by atoms with E-state index in [1.165, 1.54) is 0 Å². The Morgan fingerprint density at radius 3 is 1.90 bits per heavy atom. The van der Waals surface area contributed by atoms with Gasteiger partial charge in [0, 0.05) is 29.0 Å². The molecule has 0 rings (SSSR count). The monoisotopic (exact) mass is 207 g/mol.